The van der Waals surface area contributed by atoms with E-state index in [1.54, 1.807) is 0 Å². The Morgan fingerprint density at radius 2 is 1.74 bits per heavy atom. The molecule has 0 saturated carbocycles. The van der Waals surface area contributed by atoms with Crippen LogP contribution in [0.4, 0.5) is 5.82 Å². The highest BCUT2D eigenvalue weighted by molar-refractivity contribution is 5.38. The standard InChI is InChI=1S/C16H29N3/c1-15(2,3)12-19(7)14-10-8-9-13(18-14)11-17-16(4,5)6/h8-10,17H,11-12H2,1-7H3. The summed E-state index contributed by atoms with van der Waals surface area (Å²) in [6.45, 7) is 15.0. The number of hydrogen-bond acceptors (Lipinski definition) is 3. The summed E-state index contributed by atoms with van der Waals surface area (Å²) in [4.78, 5) is 6.95. The number of anilines is 1. The molecule has 0 radical (unpaired) electrons. The molecule has 0 spiro atoms. The smallest absolute Gasteiger partial charge is 0.128 e. The first-order valence-electron chi connectivity index (χ1n) is 6.99. The monoisotopic (exact) mass is 263 g/mol. The second-order valence-electron chi connectivity index (χ2n) is 7.51. The first-order chi connectivity index (χ1) is 8.57. The second kappa shape index (κ2) is 5.91. The maximum atomic E-state index is 4.72. The Kier molecular flexibility index (Phi) is 4.97. The van der Waals surface area contributed by atoms with Gasteiger partial charge in [0.2, 0.25) is 0 Å². The summed E-state index contributed by atoms with van der Waals surface area (Å²) in [5.41, 5.74) is 1.48. The van der Waals surface area contributed by atoms with Crippen LogP contribution in [0.15, 0.2) is 18.2 Å². The first kappa shape index (κ1) is 16.0. The minimum atomic E-state index is 0.120. The van der Waals surface area contributed by atoms with Crippen LogP contribution in [0.1, 0.15) is 47.2 Å². The molecule has 19 heavy (non-hydrogen) atoms. The first-order valence-corrected chi connectivity index (χ1v) is 6.99. The molecule has 0 aliphatic heterocycles. The lowest BCUT2D eigenvalue weighted by atomic mass is 9.96. The average Bonchev–Trinajstić information content (AvgIpc) is 2.23. The molecule has 0 unspecified atom stereocenters. The van der Waals surface area contributed by atoms with Crippen LogP contribution in [-0.2, 0) is 6.54 Å². The van der Waals surface area contributed by atoms with Crippen molar-refractivity contribution in [1.29, 1.82) is 0 Å². The van der Waals surface area contributed by atoms with Crippen molar-refractivity contribution in [3.63, 3.8) is 0 Å². The highest BCUT2D eigenvalue weighted by Gasteiger charge is 2.15. The zero-order valence-corrected chi connectivity index (χ0v) is 13.5. The highest BCUT2D eigenvalue weighted by atomic mass is 15.2. The van der Waals surface area contributed by atoms with Crippen LogP contribution in [0.2, 0.25) is 0 Å². The fourth-order valence-corrected chi connectivity index (χ4v) is 1.93. The molecule has 0 fully saturated rings. The molecule has 0 aliphatic rings. The third kappa shape index (κ3) is 6.58. The number of pyridine rings is 1. The van der Waals surface area contributed by atoms with Gasteiger partial charge in [0.1, 0.15) is 5.82 Å². The van der Waals surface area contributed by atoms with E-state index in [9.17, 15) is 0 Å². The Morgan fingerprint density at radius 1 is 1.11 bits per heavy atom. The second-order valence-corrected chi connectivity index (χ2v) is 7.51. The van der Waals surface area contributed by atoms with E-state index in [-0.39, 0.29) is 11.0 Å². The van der Waals surface area contributed by atoms with Gasteiger partial charge < -0.3 is 10.2 Å². The van der Waals surface area contributed by atoms with Gasteiger partial charge in [0, 0.05) is 25.7 Å². The molecular formula is C16H29N3. The average molecular weight is 263 g/mol. The quantitative estimate of drug-likeness (QED) is 0.902. The van der Waals surface area contributed by atoms with Gasteiger partial charge in [-0.1, -0.05) is 26.8 Å². The number of hydrogen-bond donors (Lipinski definition) is 1. The van der Waals surface area contributed by atoms with Crippen molar-refractivity contribution in [1.82, 2.24) is 10.3 Å². The van der Waals surface area contributed by atoms with Crippen LogP contribution in [0.3, 0.4) is 0 Å². The van der Waals surface area contributed by atoms with Gasteiger partial charge in [-0.2, -0.15) is 0 Å². The van der Waals surface area contributed by atoms with Gasteiger partial charge >= 0.3 is 0 Å². The summed E-state index contributed by atoms with van der Waals surface area (Å²) in [6.07, 6.45) is 0. The van der Waals surface area contributed by atoms with Gasteiger partial charge in [-0.05, 0) is 38.3 Å². The summed E-state index contributed by atoms with van der Waals surface area (Å²) >= 11 is 0. The fraction of sp³-hybridized carbons (Fsp3) is 0.688. The summed E-state index contributed by atoms with van der Waals surface area (Å²) < 4.78 is 0. The molecule has 0 aromatic carbocycles. The largest absolute Gasteiger partial charge is 0.359 e. The van der Waals surface area contributed by atoms with Gasteiger partial charge in [0.05, 0.1) is 5.69 Å². The van der Waals surface area contributed by atoms with Crippen LogP contribution in [0.5, 0.6) is 0 Å². The molecule has 0 saturated heterocycles. The van der Waals surface area contributed by atoms with E-state index in [1.807, 2.05) is 0 Å². The Balaban J connectivity index is 2.71. The molecule has 108 valence electrons. The van der Waals surface area contributed by atoms with Crippen molar-refractivity contribution in [2.24, 2.45) is 5.41 Å². The van der Waals surface area contributed by atoms with Crippen molar-refractivity contribution in [3.8, 4) is 0 Å². The van der Waals surface area contributed by atoms with Gasteiger partial charge in [-0.25, -0.2) is 4.98 Å². The van der Waals surface area contributed by atoms with Crippen molar-refractivity contribution >= 4 is 5.82 Å². The van der Waals surface area contributed by atoms with Crippen LogP contribution in [0.25, 0.3) is 0 Å². The normalized spacial score (nSPS) is 12.6. The Labute approximate surface area is 118 Å². The lowest BCUT2D eigenvalue weighted by molar-refractivity contribution is 0.415. The lowest BCUT2D eigenvalue weighted by Gasteiger charge is -2.28. The zero-order chi connectivity index (χ0) is 14.7. The summed E-state index contributed by atoms with van der Waals surface area (Å²) in [6, 6.07) is 6.24. The Morgan fingerprint density at radius 3 is 2.26 bits per heavy atom. The number of aromatic nitrogens is 1. The van der Waals surface area contributed by atoms with Crippen molar-refractivity contribution in [3.05, 3.63) is 23.9 Å². The van der Waals surface area contributed by atoms with Gasteiger partial charge in [0.25, 0.3) is 0 Å². The number of nitrogens with zero attached hydrogens (tertiary/aromatic N) is 2. The minimum absolute atomic E-state index is 0.120. The summed E-state index contributed by atoms with van der Waals surface area (Å²) in [7, 11) is 2.11. The van der Waals surface area contributed by atoms with Crippen LogP contribution in [0, 0.1) is 5.41 Å². The number of nitrogens with one attached hydrogen (secondary N) is 1. The maximum absolute atomic E-state index is 4.72. The Hall–Kier alpha value is -1.09. The third-order valence-corrected chi connectivity index (χ3v) is 2.69. The minimum Gasteiger partial charge on any atom is -0.359 e. The van der Waals surface area contributed by atoms with E-state index in [0.29, 0.717) is 0 Å². The van der Waals surface area contributed by atoms with Crippen LogP contribution >= 0.6 is 0 Å². The number of rotatable bonds is 4. The lowest BCUT2D eigenvalue weighted by Crippen LogP contribution is -2.35. The molecule has 0 amide bonds. The predicted octanol–water partition coefficient (Wildman–Crippen LogP) is 3.45. The van der Waals surface area contributed by atoms with Crippen molar-refractivity contribution < 1.29 is 0 Å². The third-order valence-electron chi connectivity index (χ3n) is 2.69. The van der Waals surface area contributed by atoms with E-state index in [0.717, 1.165) is 24.6 Å². The molecule has 1 aromatic rings. The summed E-state index contributed by atoms with van der Waals surface area (Å²) in [5, 5.41) is 3.47. The van der Waals surface area contributed by atoms with E-state index < -0.39 is 0 Å². The maximum Gasteiger partial charge on any atom is 0.128 e. The van der Waals surface area contributed by atoms with Gasteiger partial charge in [0.15, 0.2) is 0 Å². The Bertz CT molecular complexity index is 399. The molecular weight excluding hydrogens is 234 g/mol. The van der Waals surface area contributed by atoms with Crippen molar-refractivity contribution in [2.75, 3.05) is 18.5 Å². The molecule has 0 aliphatic carbocycles. The molecule has 1 heterocycles. The van der Waals surface area contributed by atoms with Crippen LogP contribution < -0.4 is 10.2 Å². The van der Waals surface area contributed by atoms with E-state index in [2.05, 4.69) is 77.0 Å². The SMILES string of the molecule is CN(CC(C)(C)C)c1cccc(CNC(C)(C)C)n1. The van der Waals surface area contributed by atoms with Crippen molar-refractivity contribution in [2.45, 2.75) is 53.6 Å². The van der Waals surface area contributed by atoms with E-state index in [1.165, 1.54) is 0 Å². The highest BCUT2D eigenvalue weighted by Crippen LogP contribution is 2.18. The topological polar surface area (TPSA) is 28.2 Å². The van der Waals surface area contributed by atoms with E-state index >= 15 is 0 Å². The predicted molar refractivity (Wildman–Crippen MR) is 83.6 cm³/mol. The van der Waals surface area contributed by atoms with Crippen LogP contribution in [-0.4, -0.2) is 24.1 Å². The molecule has 0 atom stereocenters. The van der Waals surface area contributed by atoms with Gasteiger partial charge in [-0.3, -0.25) is 0 Å². The van der Waals surface area contributed by atoms with Gasteiger partial charge in [-0.15, -0.1) is 0 Å². The fourth-order valence-electron chi connectivity index (χ4n) is 1.93. The molecule has 1 rings (SSSR count). The zero-order valence-electron chi connectivity index (χ0n) is 13.5. The molecule has 3 nitrogen and oxygen atoms in total. The summed E-state index contributed by atoms with van der Waals surface area (Å²) in [5.74, 6) is 1.04. The molecule has 3 heteroatoms. The molecule has 1 N–H and O–H groups in total. The van der Waals surface area contributed by atoms with E-state index in [4.69, 9.17) is 4.98 Å². The molecule has 0 bridgehead atoms. The molecule has 1 aromatic heterocycles.